The van der Waals surface area contributed by atoms with E-state index in [1.54, 1.807) is 0 Å². The number of anilines is 1. The van der Waals surface area contributed by atoms with E-state index in [1.165, 1.54) is 15.5 Å². The molecule has 1 atom stereocenters. The Morgan fingerprint density at radius 2 is 1.76 bits per heavy atom. The molecule has 0 saturated heterocycles. The molecule has 5 heteroatoms. The molecule has 106 valence electrons. The average molecular weight is 391 g/mol. The van der Waals surface area contributed by atoms with Crippen LogP contribution < -0.4 is 5.32 Å². The molecule has 3 aromatic rings. The molecule has 0 radical (unpaired) electrons. The standard InChI is InChI=1S/C16H14IN3O/c1-11(12-2-6-14(17)7-3-12)19-15-8-4-13(5-9-15)16-20-18-10-21-16/h2-11,19H,1H3. The summed E-state index contributed by atoms with van der Waals surface area (Å²) in [6.45, 7) is 2.15. The first kappa shape index (κ1) is 14.1. The Hall–Kier alpha value is -1.89. The number of halogens is 1. The van der Waals surface area contributed by atoms with Gasteiger partial charge >= 0.3 is 0 Å². The second-order valence-corrected chi connectivity index (χ2v) is 5.98. The number of aromatic nitrogens is 2. The van der Waals surface area contributed by atoms with Gasteiger partial charge in [-0.25, -0.2) is 0 Å². The molecule has 0 aliphatic rings. The predicted molar refractivity (Wildman–Crippen MR) is 90.9 cm³/mol. The monoisotopic (exact) mass is 391 g/mol. The van der Waals surface area contributed by atoms with E-state index in [0.29, 0.717) is 5.89 Å². The maximum Gasteiger partial charge on any atom is 0.247 e. The van der Waals surface area contributed by atoms with E-state index >= 15 is 0 Å². The zero-order chi connectivity index (χ0) is 14.7. The van der Waals surface area contributed by atoms with Gasteiger partial charge in [0.2, 0.25) is 12.3 Å². The van der Waals surface area contributed by atoms with Crippen molar-refractivity contribution in [3.05, 3.63) is 64.1 Å². The highest BCUT2D eigenvalue weighted by Gasteiger charge is 2.06. The van der Waals surface area contributed by atoms with Crippen LogP contribution in [0.4, 0.5) is 5.69 Å². The third-order valence-electron chi connectivity index (χ3n) is 3.25. The molecule has 1 unspecified atom stereocenters. The first-order chi connectivity index (χ1) is 10.2. The van der Waals surface area contributed by atoms with Crippen LogP contribution in [-0.4, -0.2) is 10.2 Å². The van der Waals surface area contributed by atoms with E-state index in [0.717, 1.165) is 11.3 Å². The van der Waals surface area contributed by atoms with Crippen LogP contribution in [0.15, 0.2) is 59.3 Å². The molecule has 0 fully saturated rings. The highest BCUT2D eigenvalue weighted by molar-refractivity contribution is 14.1. The van der Waals surface area contributed by atoms with Gasteiger partial charge in [-0.05, 0) is 71.5 Å². The number of rotatable bonds is 4. The maximum absolute atomic E-state index is 5.18. The van der Waals surface area contributed by atoms with Crippen molar-refractivity contribution in [2.24, 2.45) is 0 Å². The Morgan fingerprint density at radius 1 is 1.05 bits per heavy atom. The van der Waals surface area contributed by atoms with E-state index in [1.807, 2.05) is 24.3 Å². The van der Waals surface area contributed by atoms with Gasteiger partial charge in [0.15, 0.2) is 0 Å². The van der Waals surface area contributed by atoms with Gasteiger partial charge in [0.05, 0.1) is 0 Å². The minimum absolute atomic E-state index is 0.247. The molecule has 3 rings (SSSR count). The van der Waals surface area contributed by atoms with E-state index in [-0.39, 0.29) is 6.04 Å². The zero-order valence-electron chi connectivity index (χ0n) is 11.5. The molecule has 21 heavy (non-hydrogen) atoms. The van der Waals surface area contributed by atoms with Crippen LogP contribution in [0.1, 0.15) is 18.5 Å². The van der Waals surface area contributed by atoms with Gasteiger partial charge in [0.25, 0.3) is 0 Å². The Labute approximate surface area is 136 Å². The van der Waals surface area contributed by atoms with Crippen molar-refractivity contribution in [1.82, 2.24) is 10.2 Å². The van der Waals surface area contributed by atoms with Crippen LogP contribution in [-0.2, 0) is 0 Å². The summed E-state index contributed by atoms with van der Waals surface area (Å²) in [6, 6.07) is 16.7. The minimum atomic E-state index is 0.247. The van der Waals surface area contributed by atoms with Gasteiger partial charge in [0, 0.05) is 20.9 Å². The molecule has 0 saturated carbocycles. The highest BCUT2D eigenvalue weighted by atomic mass is 127. The Balaban J connectivity index is 1.71. The van der Waals surface area contributed by atoms with E-state index in [9.17, 15) is 0 Å². The number of nitrogens with one attached hydrogen (secondary N) is 1. The van der Waals surface area contributed by atoms with E-state index < -0.39 is 0 Å². The lowest BCUT2D eigenvalue weighted by molar-refractivity contribution is 0.568. The van der Waals surface area contributed by atoms with Crippen LogP contribution >= 0.6 is 22.6 Å². The number of hydrogen-bond donors (Lipinski definition) is 1. The van der Waals surface area contributed by atoms with Crippen LogP contribution in [0.5, 0.6) is 0 Å². The second kappa shape index (κ2) is 6.26. The number of benzene rings is 2. The minimum Gasteiger partial charge on any atom is -0.423 e. The van der Waals surface area contributed by atoms with Gasteiger partial charge in [-0.2, -0.15) is 0 Å². The molecular formula is C16H14IN3O. The summed E-state index contributed by atoms with van der Waals surface area (Å²) >= 11 is 2.31. The van der Waals surface area contributed by atoms with Crippen LogP contribution in [0.25, 0.3) is 11.5 Å². The van der Waals surface area contributed by atoms with Crippen molar-refractivity contribution in [2.75, 3.05) is 5.32 Å². The third-order valence-corrected chi connectivity index (χ3v) is 3.96. The van der Waals surface area contributed by atoms with Crippen molar-refractivity contribution in [3.63, 3.8) is 0 Å². The fourth-order valence-corrected chi connectivity index (χ4v) is 2.45. The van der Waals surface area contributed by atoms with Crippen molar-refractivity contribution in [3.8, 4) is 11.5 Å². The fraction of sp³-hybridized carbons (Fsp3) is 0.125. The summed E-state index contributed by atoms with van der Waals surface area (Å²) in [4.78, 5) is 0. The predicted octanol–water partition coefficient (Wildman–Crippen LogP) is 4.51. The molecule has 0 spiro atoms. The molecule has 1 heterocycles. The average Bonchev–Trinajstić information content (AvgIpc) is 3.03. The molecule has 1 aromatic heterocycles. The Bertz CT molecular complexity index is 693. The van der Waals surface area contributed by atoms with Gasteiger partial charge in [-0.15, -0.1) is 10.2 Å². The van der Waals surface area contributed by atoms with Gasteiger partial charge in [0.1, 0.15) is 0 Å². The molecule has 0 aliphatic carbocycles. The van der Waals surface area contributed by atoms with Gasteiger partial charge in [-0.1, -0.05) is 12.1 Å². The van der Waals surface area contributed by atoms with Gasteiger partial charge < -0.3 is 9.73 Å². The lowest BCUT2D eigenvalue weighted by Crippen LogP contribution is -2.06. The summed E-state index contributed by atoms with van der Waals surface area (Å²) < 4.78 is 6.42. The molecule has 0 aliphatic heterocycles. The lowest BCUT2D eigenvalue weighted by Gasteiger charge is -2.16. The van der Waals surface area contributed by atoms with E-state index in [2.05, 4.69) is 69.3 Å². The smallest absolute Gasteiger partial charge is 0.247 e. The SMILES string of the molecule is CC(Nc1ccc(-c2nnco2)cc1)c1ccc(I)cc1. The zero-order valence-corrected chi connectivity index (χ0v) is 13.6. The summed E-state index contributed by atoms with van der Waals surface area (Å²) in [5.74, 6) is 0.534. The fourth-order valence-electron chi connectivity index (χ4n) is 2.09. The van der Waals surface area contributed by atoms with Crippen molar-refractivity contribution in [2.45, 2.75) is 13.0 Å². The molecule has 1 N–H and O–H groups in total. The quantitative estimate of drug-likeness (QED) is 0.665. The molecular weight excluding hydrogens is 377 g/mol. The Kier molecular flexibility index (Phi) is 4.19. The largest absolute Gasteiger partial charge is 0.423 e. The van der Waals surface area contributed by atoms with Crippen molar-refractivity contribution >= 4 is 28.3 Å². The molecule has 2 aromatic carbocycles. The Morgan fingerprint density at radius 3 is 2.38 bits per heavy atom. The van der Waals surface area contributed by atoms with Crippen LogP contribution in [0.2, 0.25) is 0 Å². The molecule has 0 amide bonds. The lowest BCUT2D eigenvalue weighted by atomic mass is 10.1. The highest BCUT2D eigenvalue weighted by Crippen LogP contribution is 2.23. The molecule has 0 bridgehead atoms. The normalized spacial score (nSPS) is 12.1. The number of hydrogen-bond acceptors (Lipinski definition) is 4. The van der Waals surface area contributed by atoms with Crippen LogP contribution in [0, 0.1) is 3.57 Å². The first-order valence-corrected chi connectivity index (χ1v) is 7.69. The van der Waals surface area contributed by atoms with Crippen molar-refractivity contribution in [1.29, 1.82) is 0 Å². The number of nitrogens with zero attached hydrogens (tertiary/aromatic N) is 2. The molecule has 4 nitrogen and oxygen atoms in total. The summed E-state index contributed by atoms with van der Waals surface area (Å²) in [7, 11) is 0. The third kappa shape index (κ3) is 3.41. The second-order valence-electron chi connectivity index (χ2n) is 4.74. The first-order valence-electron chi connectivity index (χ1n) is 6.61. The van der Waals surface area contributed by atoms with Gasteiger partial charge in [-0.3, -0.25) is 0 Å². The maximum atomic E-state index is 5.18. The van der Waals surface area contributed by atoms with E-state index in [4.69, 9.17) is 4.42 Å². The summed E-state index contributed by atoms with van der Waals surface area (Å²) in [6.07, 6.45) is 1.33. The summed E-state index contributed by atoms with van der Waals surface area (Å²) in [5, 5.41) is 11.1. The van der Waals surface area contributed by atoms with Crippen LogP contribution in [0.3, 0.4) is 0 Å². The van der Waals surface area contributed by atoms with Crippen molar-refractivity contribution < 1.29 is 4.42 Å². The topological polar surface area (TPSA) is 51.0 Å². The summed E-state index contributed by atoms with van der Waals surface area (Å²) in [5.41, 5.74) is 3.24.